The molecule has 1 aromatic carbocycles. The minimum Gasteiger partial charge on any atom is -0.410 e. The molecule has 1 aliphatic carbocycles. The van der Waals surface area contributed by atoms with Crippen LogP contribution in [0.5, 0.6) is 0 Å². The zero-order valence-corrected chi connectivity index (χ0v) is 20.2. The second kappa shape index (κ2) is 9.13. The molecule has 0 aromatic heterocycles. The summed E-state index contributed by atoms with van der Waals surface area (Å²) in [5, 5.41) is 11.4. The minimum atomic E-state index is -4.08. The summed E-state index contributed by atoms with van der Waals surface area (Å²) < 4.78 is 34.6. The van der Waals surface area contributed by atoms with Crippen LogP contribution < -0.4 is 0 Å². The molecule has 0 amide bonds. The van der Waals surface area contributed by atoms with Crippen LogP contribution in [0.2, 0.25) is 18.1 Å². The summed E-state index contributed by atoms with van der Waals surface area (Å²) in [7, 11) is -6.10. The fourth-order valence-electron chi connectivity index (χ4n) is 3.14. The van der Waals surface area contributed by atoms with Gasteiger partial charge in [-0.25, -0.2) is 8.42 Å². The van der Waals surface area contributed by atoms with Gasteiger partial charge in [-0.05, 0) is 37.0 Å². The fourth-order valence-corrected chi connectivity index (χ4v) is 6.19. The number of nitrogens with zero attached hydrogens (tertiary/aromatic N) is 2. The molecule has 0 spiro atoms. The number of benzene rings is 1. The first kappa shape index (κ1) is 24.5. The van der Waals surface area contributed by atoms with E-state index in [4.69, 9.17) is 4.43 Å². The molecule has 166 valence electrons. The van der Waals surface area contributed by atoms with Gasteiger partial charge in [-0.2, -0.15) is 4.31 Å². The number of nitro benzene ring substituents is 1. The molecular weight excluding hydrogens is 420 g/mol. The SMILES string of the molecule is C=CCCN([C@H]1C=C[C@@H](O[Si](C)(C)C(C)(C)C)C1)S(=O)(=O)c1ccccc1[N+](=O)[O-]. The topological polar surface area (TPSA) is 89.8 Å². The van der Waals surface area contributed by atoms with Crippen LogP contribution in [-0.4, -0.2) is 44.7 Å². The Hall–Kier alpha value is -1.81. The normalized spacial score (nSPS) is 19.9. The van der Waals surface area contributed by atoms with Crippen LogP contribution in [0.4, 0.5) is 5.69 Å². The standard InChI is InChI=1S/C21H32N2O5SSi/c1-7-8-15-22(29(26,27)20-12-10-9-11-19(20)23(24)25)17-13-14-18(16-17)28-30(5,6)21(2,3)4/h7,9-14,17-18H,1,8,15-16H2,2-6H3/t17-,18+/m0/s1. The Morgan fingerprint density at radius 3 is 2.50 bits per heavy atom. The van der Waals surface area contributed by atoms with Gasteiger partial charge in [0.15, 0.2) is 13.2 Å². The molecule has 2 atom stereocenters. The molecule has 0 saturated heterocycles. The summed E-state index contributed by atoms with van der Waals surface area (Å²) in [6.07, 6.45) is 6.16. The molecule has 0 heterocycles. The average molecular weight is 453 g/mol. The van der Waals surface area contributed by atoms with Crippen molar-refractivity contribution < 1.29 is 17.8 Å². The summed E-state index contributed by atoms with van der Waals surface area (Å²) in [5.74, 6) is 0. The van der Waals surface area contributed by atoms with E-state index in [0.717, 1.165) is 0 Å². The van der Waals surface area contributed by atoms with Crippen molar-refractivity contribution in [1.82, 2.24) is 4.31 Å². The Morgan fingerprint density at radius 2 is 1.93 bits per heavy atom. The molecule has 1 aromatic rings. The van der Waals surface area contributed by atoms with E-state index >= 15 is 0 Å². The van der Waals surface area contributed by atoms with Gasteiger partial charge in [-0.1, -0.05) is 51.1 Å². The van der Waals surface area contributed by atoms with E-state index in [9.17, 15) is 18.5 Å². The first-order valence-corrected chi connectivity index (χ1v) is 14.4. The average Bonchev–Trinajstić information content (AvgIpc) is 3.08. The van der Waals surface area contributed by atoms with Crippen molar-refractivity contribution in [3.63, 3.8) is 0 Å². The summed E-state index contributed by atoms with van der Waals surface area (Å²) in [4.78, 5) is 10.5. The van der Waals surface area contributed by atoms with E-state index in [2.05, 4.69) is 40.4 Å². The van der Waals surface area contributed by atoms with Crippen LogP contribution >= 0.6 is 0 Å². The first-order chi connectivity index (χ1) is 13.8. The maximum Gasteiger partial charge on any atom is 0.289 e. The predicted molar refractivity (Wildman–Crippen MR) is 121 cm³/mol. The Labute approximate surface area is 180 Å². The van der Waals surface area contributed by atoms with Gasteiger partial charge >= 0.3 is 0 Å². The molecule has 2 rings (SSSR count). The lowest BCUT2D eigenvalue weighted by Crippen LogP contribution is -2.44. The Bertz CT molecular complexity index is 922. The fraction of sp³-hybridized carbons (Fsp3) is 0.524. The number of sulfonamides is 1. The van der Waals surface area contributed by atoms with Crippen molar-refractivity contribution in [3.8, 4) is 0 Å². The van der Waals surface area contributed by atoms with E-state index < -0.39 is 35.0 Å². The predicted octanol–water partition coefficient (Wildman–Crippen LogP) is 4.88. The minimum absolute atomic E-state index is 0.0399. The van der Waals surface area contributed by atoms with Crippen LogP contribution in [-0.2, 0) is 14.4 Å². The third kappa shape index (κ3) is 5.26. The van der Waals surface area contributed by atoms with Crippen LogP contribution in [0.1, 0.15) is 33.6 Å². The molecule has 0 unspecified atom stereocenters. The molecule has 0 bridgehead atoms. The summed E-state index contributed by atoms with van der Waals surface area (Å²) in [6.45, 7) is 14.7. The Morgan fingerprint density at radius 1 is 1.30 bits per heavy atom. The van der Waals surface area contributed by atoms with Crippen molar-refractivity contribution in [2.45, 2.75) is 68.8 Å². The van der Waals surface area contributed by atoms with Gasteiger partial charge in [0, 0.05) is 18.7 Å². The van der Waals surface area contributed by atoms with Gasteiger partial charge in [-0.15, -0.1) is 6.58 Å². The van der Waals surface area contributed by atoms with E-state index in [0.29, 0.717) is 12.8 Å². The molecule has 0 N–H and O–H groups in total. The second-order valence-corrected chi connectivity index (χ2v) is 15.6. The highest BCUT2D eigenvalue weighted by atomic mass is 32.2. The second-order valence-electron chi connectivity index (χ2n) is 9.02. The quantitative estimate of drug-likeness (QED) is 0.230. The molecule has 30 heavy (non-hydrogen) atoms. The molecule has 0 saturated carbocycles. The zero-order valence-electron chi connectivity index (χ0n) is 18.4. The van der Waals surface area contributed by atoms with Crippen molar-refractivity contribution in [2.24, 2.45) is 0 Å². The van der Waals surface area contributed by atoms with Crippen LogP contribution in [0, 0.1) is 10.1 Å². The summed E-state index contributed by atoms with van der Waals surface area (Å²) in [5.41, 5.74) is -0.419. The van der Waals surface area contributed by atoms with Gasteiger partial charge < -0.3 is 4.43 Å². The summed E-state index contributed by atoms with van der Waals surface area (Å²) >= 11 is 0. The van der Waals surface area contributed by atoms with E-state index in [1.165, 1.54) is 28.6 Å². The molecule has 1 aliphatic rings. The lowest BCUT2D eigenvalue weighted by atomic mass is 10.2. The Balaban J connectivity index is 2.33. The molecule has 0 radical (unpaired) electrons. The number of rotatable bonds is 9. The number of hydrogen-bond donors (Lipinski definition) is 0. The molecule has 9 heteroatoms. The molecule has 0 aliphatic heterocycles. The largest absolute Gasteiger partial charge is 0.410 e. The monoisotopic (exact) mass is 452 g/mol. The van der Waals surface area contributed by atoms with Gasteiger partial charge in [0.1, 0.15) is 0 Å². The molecule has 0 fully saturated rings. The lowest BCUT2D eigenvalue weighted by molar-refractivity contribution is -0.387. The van der Waals surface area contributed by atoms with Gasteiger partial charge in [0.05, 0.1) is 11.0 Å². The van der Waals surface area contributed by atoms with Gasteiger partial charge in [-0.3, -0.25) is 10.1 Å². The number of nitro groups is 1. The van der Waals surface area contributed by atoms with Crippen LogP contribution in [0.25, 0.3) is 0 Å². The van der Waals surface area contributed by atoms with Crippen LogP contribution in [0.15, 0.2) is 54.0 Å². The van der Waals surface area contributed by atoms with Crippen molar-refractivity contribution in [3.05, 3.63) is 59.2 Å². The van der Waals surface area contributed by atoms with E-state index in [-0.39, 0.29) is 22.6 Å². The maximum absolute atomic E-state index is 13.4. The smallest absolute Gasteiger partial charge is 0.289 e. The van der Waals surface area contributed by atoms with Crippen LogP contribution in [0.3, 0.4) is 0 Å². The highest BCUT2D eigenvalue weighted by molar-refractivity contribution is 7.89. The lowest BCUT2D eigenvalue weighted by Gasteiger charge is -2.38. The zero-order chi connectivity index (χ0) is 22.7. The van der Waals surface area contributed by atoms with E-state index in [1.54, 1.807) is 6.08 Å². The van der Waals surface area contributed by atoms with Gasteiger partial charge in [0.25, 0.3) is 5.69 Å². The highest BCUT2D eigenvalue weighted by Gasteiger charge is 2.42. The Kier molecular flexibility index (Phi) is 7.44. The van der Waals surface area contributed by atoms with Crippen molar-refractivity contribution in [1.29, 1.82) is 0 Å². The van der Waals surface area contributed by atoms with Crippen molar-refractivity contribution in [2.75, 3.05) is 6.54 Å². The van der Waals surface area contributed by atoms with E-state index in [1.807, 2.05) is 12.2 Å². The molecule has 7 nitrogen and oxygen atoms in total. The summed E-state index contributed by atoms with van der Waals surface area (Å²) in [6, 6.07) is 5.04. The third-order valence-electron chi connectivity index (χ3n) is 5.85. The third-order valence-corrected chi connectivity index (χ3v) is 12.3. The number of para-hydroxylation sites is 1. The van der Waals surface area contributed by atoms with Gasteiger partial charge in [0.2, 0.25) is 10.0 Å². The number of hydrogen-bond acceptors (Lipinski definition) is 5. The van der Waals surface area contributed by atoms with Crippen molar-refractivity contribution >= 4 is 24.0 Å². The first-order valence-electron chi connectivity index (χ1n) is 10.0. The maximum atomic E-state index is 13.4. The molecular formula is C21H32N2O5SSi. The highest BCUT2D eigenvalue weighted by Crippen LogP contribution is 2.39.